The van der Waals surface area contributed by atoms with Crippen molar-refractivity contribution in [1.29, 1.82) is 0 Å². The molecule has 29 aromatic rings. The Balaban J connectivity index is 0.000000105. The first kappa shape index (κ1) is 78.9. The highest BCUT2D eigenvalue weighted by atomic mass is 15.1. The van der Waals surface area contributed by atoms with Crippen LogP contribution in [0.5, 0.6) is 0 Å². The molecular formula is C124H78N14. The van der Waals surface area contributed by atoms with Crippen LogP contribution in [0.4, 0.5) is 0 Å². The lowest BCUT2D eigenvalue weighted by Crippen LogP contribution is -2.04. The molecule has 0 saturated heterocycles. The van der Waals surface area contributed by atoms with Gasteiger partial charge in [0.05, 0.1) is 99.3 Å². The van der Waals surface area contributed by atoms with Crippen LogP contribution in [0, 0.1) is 0 Å². The molecule has 14 nitrogen and oxygen atoms in total. The Morgan fingerprint density at radius 2 is 0.377 bits per heavy atom. The van der Waals surface area contributed by atoms with Crippen LogP contribution >= 0.6 is 0 Å². The molecule has 0 N–H and O–H groups in total. The number of para-hydroxylation sites is 13. The summed E-state index contributed by atoms with van der Waals surface area (Å²) >= 11 is 0. The van der Waals surface area contributed by atoms with Crippen molar-refractivity contribution in [1.82, 2.24) is 67.3 Å². The van der Waals surface area contributed by atoms with E-state index in [1.165, 1.54) is 92.4 Å². The van der Waals surface area contributed by atoms with Gasteiger partial charge in [0, 0.05) is 99.4 Å². The number of nitrogens with zero attached hydrogens (tertiary/aromatic N) is 14. The van der Waals surface area contributed by atoms with Crippen molar-refractivity contribution in [2.75, 3.05) is 0 Å². The van der Waals surface area contributed by atoms with Crippen LogP contribution in [-0.4, -0.2) is 67.3 Å². The van der Waals surface area contributed by atoms with E-state index in [0.29, 0.717) is 0 Å². The quantitative estimate of drug-likeness (QED) is 0.125. The highest BCUT2D eigenvalue weighted by Crippen LogP contribution is 2.46. The maximum absolute atomic E-state index is 5.28. The van der Waals surface area contributed by atoms with E-state index in [1.807, 2.05) is 128 Å². The van der Waals surface area contributed by atoms with Crippen molar-refractivity contribution in [2.24, 2.45) is 0 Å². The molecule has 0 radical (unpaired) electrons. The zero-order valence-corrected chi connectivity index (χ0v) is 74.3. The van der Waals surface area contributed by atoms with E-state index in [0.717, 1.165) is 162 Å². The third kappa shape index (κ3) is 13.0. The Kier molecular flexibility index (Phi) is 18.6. The SMILES string of the molecule is c1ccc(-c2nc3ccccc3nc2-n2c3ccccc3c3cc(-c4ccc(-n5c6ccccc6c6ccccc65)cc4)ccc32)cc1.c1ccc(-c2nc3ccccc3nc2-n2c3ccccc3c3cc(-c4ccc5c(c4)c4ccccc4n5-c4ccccn4)ccc32)cc1.c1ccc(-c2nc3ccccc3nc2-n2c3ccccc3c3cc4c5ccccc5n(-c5ccccn5)c4cc32)cc1. The van der Waals surface area contributed by atoms with Gasteiger partial charge in [-0.1, -0.05) is 297 Å². The van der Waals surface area contributed by atoms with Crippen molar-refractivity contribution in [3.63, 3.8) is 0 Å². The molecule has 11 heterocycles. The smallest absolute Gasteiger partial charge is 0.165 e. The van der Waals surface area contributed by atoms with Crippen LogP contribution in [-0.2, 0) is 0 Å². The molecule has 0 aliphatic heterocycles. The van der Waals surface area contributed by atoms with Crippen molar-refractivity contribution in [3.05, 3.63) is 473 Å². The Bertz CT molecular complexity index is 9860. The molecule has 29 rings (SSSR count). The van der Waals surface area contributed by atoms with Crippen LogP contribution < -0.4 is 0 Å². The largest absolute Gasteiger partial charge is 0.309 e. The normalized spacial score (nSPS) is 11.8. The maximum Gasteiger partial charge on any atom is 0.165 e. The van der Waals surface area contributed by atoms with E-state index in [4.69, 9.17) is 34.9 Å². The molecule has 0 spiro atoms. The molecule has 18 aromatic carbocycles. The summed E-state index contributed by atoms with van der Waals surface area (Å²) in [5.74, 6) is 4.27. The zero-order chi connectivity index (χ0) is 90.8. The number of hydrogen-bond donors (Lipinski definition) is 0. The van der Waals surface area contributed by atoms with Crippen LogP contribution in [0.2, 0.25) is 0 Å². The average molecular weight is 1760 g/mol. The molecule has 0 unspecified atom stereocenters. The number of fused-ring (bicyclic) bond motifs is 21. The average Bonchev–Trinajstić information content (AvgIpc) is 1.55. The maximum atomic E-state index is 5.28. The number of rotatable bonds is 11. The van der Waals surface area contributed by atoms with E-state index in [1.54, 1.807) is 0 Å². The van der Waals surface area contributed by atoms with Gasteiger partial charge < -0.3 is 4.57 Å². The number of aromatic nitrogens is 14. The van der Waals surface area contributed by atoms with Crippen LogP contribution in [0.1, 0.15) is 0 Å². The zero-order valence-electron chi connectivity index (χ0n) is 74.3. The van der Waals surface area contributed by atoms with Gasteiger partial charge in [-0.25, -0.2) is 39.9 Å². The Labute approximate surface area is 790 Å². The first-order valence-electron chi connectivity index (χ1n) is 46.4. The first-order valence-corrected chi connectivity index (χ1v) is 46.4. The van der Waals surface area contributed by atoms with Crippen LogP contribution in [0.25, 0.3) is 255 Å². The van der Waals surface area contributed by atoms with Gasteiger partial charge in [-0.05, 0) is 186 Å². The lowest BCUT2D eigenvalue weighted by Gasteiger charge is -2.14. The molecule has 0 amide bonds. The van der Waals surface area contributed by atoms with Crippen molar-refractivity contribution < 1.29 is 0 Å². The van der Waals surface area contributed by atoms with Gasteiger partial charge in [0.15, 0.2) is 17.5 Å². The molecular weight excluding hydrogens is 1690 g/mol. The fourth-order valence-corrected chi connectivity index (χ4v) is 20.9. The van der Waals surface area contributed by atoms with Crippen molar-refractivity contribution in [3.8, 4) is 90.8 Å². The molecule has 0 bridgehead atoms. The highest BCUT2D eigenvalue weighted by molar-refractivity contribution is 6.21. The summed E-state index contributed by atoms with van der Waals surface area (Å²) in [6.07, 6.45) is 3.70. The summed E-state index contributed by atoms with van der Waals surface area (Å²) in [4.78, 5) is 40.7. The van der Waals surface area contributed by atoms with E-state index in [9.17, 15) is 0 Å². The van der Waals surface area contributed by atoms with Crippen molar-refractivity contribution >= 4 is 164 Å². The first-order chi connectivity index (χ1) is 68.5. The molecule has 0 saturated carbocycles. The topological polar surface area (TPSA) is 133 Å². The molecule has 0 fully saturated rings. The highest BCUT2D eigenvalue weighted by Gasteiger charge is 2.27. The summed E-state index contributed by atoms with van der Waals surface area (Å²) in [5.41, 5.74) is 30.2. The monoisotopic (exact) mass is 1760 g/mol. The standard InChI is InChI=1S/C44H28N4.C43H27N5.C37H23N5/c1-2-12-30(13-3-1)43-44(46-38-18-8-7-17-37(38)45-43)48-41-21-11-6-16-35(41)36-28-31(24-27-42(36)48)29-22-25-32(26-23-29)47-39-19-9-4-14-33(39)34-15-5-10-20-40(34)47;1-2-12-28(13-3-1)42-43(46-36-17-7-6-16-35(36)45-42)48-38-19-9-5-15-32(38)34-27-30(22-24-40(34)48)29-21-23-39-33(26-29)31-14-4-8-18-37(31)47(39)41-20-10-11-25-44-41;1-2-12-24(13-3-1)36-37(40-30-17-7-6-16-29(30)39-36)42-32-19-9-5-15-26(32)28-22-27-25-14-4-8-18-31(25)41(33(27)23-34(28)42)35-20-10-11-21-38-35/h1-28H;1-27H;1-23H. The van der Waals surface area contributed by atoms with Crippen LogP contribution in [0.3, 0.4) is 0 Å². The summed E-state index contributed by atoms with van der Waals surface area (Å²) in [6, 6.07) is 162. The Morgan fingerprint density at radius 3 is 0.717 bits per heavy atom. The number of hydrogen-bond acceptors (Lipinski definition) is 8. The van der Waals surface area contributed by atoms with Gasteiger partial charge in [0.2, 0.25) is 0 Å². The van der Waals surface area contributed by atoms with E-state index in [-0.39, 0.29) is 0 Å². The molecule has 11 aromatic heterocycles. The van der Waals surface area contributed by atoms with E-state index in [2.05, 4.69) is 378 Å². The minimum absolute atomic E-state index is 0.811. The summed E-state index contributed by atoms with van der Waals surface area (Å²) in [5, 5.41) is 14.4. The van der Waals surface area contributed by atoms with Crippen LogP contribution in [0.15, 0.2) is 473 Å². The Morgan fingerprint density at radius 1 is 0.138 bits per heavy atom. The van der Waals surface area contributed by atoms with Gasteiger partial charge in [-0.3, -0.25) is 22.8 Å². The molecule has 14 heteroatoms. The third-order valence-electron chi connectivity index (χ3n) is 27.0. The number of benzene rings is 18. The fraction of sp³-hybridized carbons (Fsp3) is 0. The summed E-state index contributed by atoms with van der Waals surface area (Å²) < 4.78 is 13.7. The fourth-order valence-electron chi connectivity index (χ4n) is 20.9. The third-order valence-corrected chi connectivity index (χ3v) is 27.0. The second-order valence-corrected chi connectivity index (χ2v) is 34.9. The van der Waals surface area contributed by atoms with Gasteiger partial charge >= 0.3 is 0 Å². The summed E-state index contributed by atoms with van der Waals surface area (Å²) in [7, 11) is 0. The second-order valence-electron chi connectivity index (χ2n) is 34.9. The molecule has 0 aliphatic rings. The van der Waals surface area contributed by atoms with E-state index < -0.39 is 0 Å². The lowest BCUT2D eigenvalue weighted by molar-refractivity contribution is 1.07. The molecule has 0 aliphatic carbocycles. The molecule has 0 atom stereocenters. The lowest BCUT2D eigenvalue weighted by atomic mass is 10.0. The minimum Gasteiger partial charge on any atom is -0.309 e. The Hall–Kier alpha value is -18.9. The number of pyridine rings is 2. The second kappa shape index (κ2) is 32.5. The summed E-state index contributed by atoms with van der Waals surface area (Å²) in [6.45, 7) is 0. The molecule has 644 valence electrons. The predicted octanol–water partition coefficient (Wildman–Crippen LogP) is 30.6. The van der Waals surface area contributed by atoms with E-state index >= 15 is 0 Å². The van der Waals surface area contributed by atoms with Crippen molar-refractivity contribution in [2.45, 2.75) is 0 Å². The molecule has 138 heavy (non-hydrogen) atoms. The van der Waals surface area contributed by atoms with Gasteiger partial charge in [-0.15, -0.1) is 0 Å². The minimum atomic E-state index is 0.811. The van der Waals surface area contributed by atoms with Gasteiger partial charge in [0.1, 0.15) is 28.7 Å². The predicted molar refractivity (Wildman–Crippen MR) is 567 cm³/mol. The van der Waals surface area contributed by atoms with Gasteiger partial charge in [-0.2, -0.15) is 0 Å². The van der Waals surface area contributed by atoms with Gasteiger partial charge in [0.25, 0.3) is 0 Å².